The van der Waals surface area contributed by atoms with Crippen molar-refractivity contribution in [3.63, 3.8) is 0 Å². The Kier molecular flexibility index (Phi) is 4.28. The smallest absolute Gasteiger partial charge is 0.129 e. The van der Waals surface area contributed by atoms with E-state index >= 15 is 0 Å². The third kappa shape index (κ3) is 2.42. The molecule has 0 aliphatic rings. The summed E-state index contributed by atoms with van der Waals surface area (Å²) in [5.74, 6) is 4.88. The molecule has 14 heavy (non-hydrogen) atoms. The first-order valence-electron chi connectivity index (χ1n) is 4.09. The van der Waals surface area contributed by atoms with Crippen molar-refractivity contribution >= 4 is 11.6 Å². The van der Waals surface area contributed by atoms with Crippen LogP contribution >= 0.6 is 11.6 Å². The van der Waals surface area contributed by atoms with Gasteiger partial charge in [0, 0.05) is 17.7 Å². The van der Waals surface area contributed by atoms with E-state index in [4.69, 9.17) is 22.2 Å². The molecule has 78 valence electrons. The molecule has 0 aliphatic heterocycles. The van der Waals surface area contributed by atoms with Crippen LogP contribution in [0.2, 0.25) is 5.02 Å². The quantitative estimate of drug-likeness (QED) is 0.597. The van der Waals surface area contributed by atoms with Gasteiger partial charge in [0.25, 0.3) is 0 Å². The van der Waals surface area contributed by atoms with Crippen molar-refractivity contribution < 1.29 is 9.13 Å². The van der Waals surface area contributed by atoms with Gasteiger partial charge in [-0.3, -0.25) is 11.3 Å². The van der Waals surface area contributed by atoms with E-state index in [1.807, 2.05) is 0 Å². The monoisotopic (exact) mass is 218 g/mol. The van der Waals surface area contributed by atoms with Crippen LogP contribution in [0.5, 0.6) is 0 Å². The number of hydrazine groups is 1. The summed E-state index contributed by atoms with van der Waals surface area (Å²) in [6.45, 7) is 0.261. The minimum absolute atomic E-state index is 0.261. The summed E-state index contributed by atoms with van der Waals surface area (Å²) in [6, 6.07) is 4.05. The molecule has 0 radical (unpaired) electrons. The Morgan fingerprint density at radius 1 is 1.64 bits per heavy atom. The Morgan fingerprint density at radius 2 is 2.36 bits per heavy atom. The molecule has 1 aromatic rings. The van der Waals surface area contributed by atoms with Gasteiger partial charge in [-0.25, -0.2) is 4.39 Å². The fraction of sp³-hybridized carbons (Fsp3) is 0.333. The van der Waals surface area contributed by atoms with E-state index in [0.29, 0.717) is 10.6 Å². The van der Waals surface area contributed by atoms with Gasteiger partial charge in [-0.1, -0.05) is 17.7 Å². The van der Waals surface area contributed by atoms with E-state index in [-0.39, 0.29) is 6.61 Å². The van der Waals surface area contributed by atoms with Crippen molar-refractivity contribution in [1.82, 2.24) is 5.43 Å². The van der Waals surface area contributed by atoms with E-state index in [9.17, 15) is 4.39 Å². The molecule has 3 nitrogen and oxygen atoms in total. The summed E-state index contributed by atoms with van der Waals surface area (Å²) in [6.07, 6.45) is 0. The number of nitrogens with one attached hydrogen (secondary N) is 1. The average molecular weight is 219 g/mol. The normalized spacial score (nSPS) is 12.9. The fourth-order valence-electron chi connectivity index (χ4n) is 1.23. The van der Waals surface area contributed by atoms with Crippen LogP contribution in [0.3, 0.4) is 0 Å². The van der Waals surface area contributed by atoms with Crippen LogP contribution < -0.4 is 11.3 Å². The third-order valence-corrected chi connectivity index (χ3v) is 2.21. The first-order valence-corrected chi connectivity index (χ1v) is 4.47. The van der Waals surface area contributed by atoms with E-state index < -0.39 is 11.9 Å². The summed E-state index contributed by atoms with van der Waals surface area (Å²) < 4.78 is 18.3. The largest absolute Gasteiger partial charge is 0.383 e. The van der Waals surface area contributed by atoms with Crippen molar-refractivity contribution in [3.05, 3.63) is 34.6 Å². The molecule has 0 aliphatic carbocycles. The molecule has 3 N–H and O–H groups in total. The Morgan fingerprint density at radius 3 is 2.86 bits per heavy atom. The van der Waals surface area contributed by atoms with E-state index in [0.717, 1.165) is 0 Å². The lowest BCUT2D eigenvalue weighted by Crippen LogP contribution is -2.32. The first-order chi connectivity index (χ1) is 6.70. The first kappa shape index (κ1) is 11.4. The number of hydrogen-bond donors (Lipinski definition) is 2. The van der Waals surface area contributed by atoms with Crippen molar-refractivity contribution in [1.29, 1.82) is 0 Å². The Balaban J connectivity index is 3.02. The van der Waals surface area contributed by atoms with Crippen LogP contribution in [0, 0.1) is 5.82 Å². The molecular formula is C9H12ClFN2O. The Labute approximate surface area is 87.0 Å². The SMILES string of the molecule is COCC(NN)c1c(F)cccc1Cl. The second-order valence-corrected chi connectivity index (χ2v) is 3.22. The van der Waals surface area contributed by atoms with E-state index in [1.54, 1.807) is 12.1 Å². The van der Waals surface area contributed by atoms with Gasteiger partial charge in [0.1, 0.15) is 5.82 Å². The van der Waals surface area contributed by atoms with Crippen LogP contribution in [-0.2, 0) is 4.74 Å². The molecule has 0 bridgehead atoms. The summed E-state index contributed by atoms with van der Waals surface area (Å²) in [4.78, 5) is 0. The molecular weight excluding hydrogens is 207 g/mol. The summed E-state index contributed by atoms with van der Waals surface area (Å²) in [5.41, 5.74) is 2.78. The highest BCUT2D eigenvalue weighted by molar-refractivity contribution is 6.31. The molecule has 0 saturated carbocycles. The van der Waals surface area contributed by atoms with Gasteiger partial charge >= 0.3 is 0 Å². The van der Waals surface area contributed by atoms with Gasteiger partial charge in [0.05, 0.1) is 12.6 Å². The maximum Gasteiger partial charge on any atom is 0.129 e. The number of halogens is 2. The van der Waals surface area contributed by atoms with Gasteiger partial charge < -0.3 is 4.74 Å². The van der Waals surface area contributed by atoms with Crippen molar-refractivity contribution in [2.45, 2.75) is 6.04 Å². The maximum absolute atomic E-state index is 13.4. The van der Waals surface area contributed by atoms with E-state index in [2.05, 4.69) is 5.43 Å². The zero-order chi connectivity index (χ0) is 10.6. The molecule has 1 aromatic carbocycles. The molecule has 5 heteroatoms. The second-order valence-electron chi connectivity index (χ2n) is 2.81. The van der Waals surface area contributed by atoms with Crippen LogP contribution in [0.1, 0.15) is 11.6 Å². The maximum atomic E-state index is 13.4. The minimum atomic E-state index is -0.436. The fourth-order valence-corrected chi connectivity index (χ4v) is 1.52. The number of rotatable bonds is 4. The number of nitrogens with two attached hydrogens (primary N) is 1. The lowest BCUT2D eigenvalue weighted by molar-refractivity contribution is 0.166. The van der Waals surface area contributed by atoms with Crippen molar-refractivity contribution in [2.75, 3.05) is 13.7 Å². The standard InChI is InChI=1S/C9H12ClFN2O/c1-14-5-8(13-12)9-6(10)3-2-4-7(9)11/h2-4,8,13H,5,12H2,1H3. The summed E-state index contributed by atoms with van der Waals surface area (Å²) >= 11 is 5.85. The zero-order valence-electron chi connectivity index (χ0n) is 7.76. The summed E-state index contributed by atoms with van der Waals surface area (Å²) in [7, 11) is 1.51. The molecule has 1 atom stereocenters. The molecule has 1 unspecified atom stereocenters. The van der Waals surface area contributed by atoms with Crippen LogP contribution in [-0.4, -0.2) is 13.7 Å². The lowest BCUT2D eigenvalue weighted by Gasteiger charge is -2.17. The topological polar surface area (TPSA) is 47.3 Å². The van der Waals surface area contributed by atoms with Gasteiger partial charge in [0.15, 0.2) is 0 Å². The van der Waals surface area contributed by atoms with Gasteiger partial charge in [-0.2, -0.15) is 0 Å². The van der Waals surface area contributed by atoms with Crippen molar-refractivity contribution in [3.8, 4) is 0 Å². The second kappa shape index (κ2) is 5.26. The number of hydrogen-bond acceptors (Lipinski definition) is 3. The van der Waals surface area contributed by atoms with Crippen LogP contribution in [0.4, 0.5) is 4.39 Å². The predicted octanol–water partition coefficient (Wildman–Crippen LogP) is 1.63. The summed E-state index contributed by atoms with van der Waals surface area (Å²) in [5, 5.41) is 0.338. The zero-order valence-corrected chi connectivity index (χ0v) is 8.51. The van der Waals surface area contributed by atoms with Gasteiger partial charge in [0.2, 0.25) is 0 Å². The highest BCUT2D eigenvalue weighted by Gasteiger charge is 2.17. The van der Waals surface area contributed by atoms with Crippen LogP contribution in [0.15, 0.2) is 18.2 Å². The molecule has 0 amide bonds. The minimum Gasteiger partial charge on any atom is -0.383 e. The molecule has 0 aromatic heterocycles. The van der Waals surface area contributed by atoms with Gasteiger partial charge in [-0.05, 0) is 12.1 Å². The highest BCUT2D eigenvalue weighted by atomic mass is 35.5. The molecule has 1 rings (SSSR count). The number of ether oxygens (including phenoxy) is 1. The molecule has 0 saturated heterocycles. The lowest BCUT2D eigenvalue weighted by atomic mass is 10.1. The Hall–Kier alpha value is -0.680. The highest BCUT2D eigenvalue weighted by Crippen LogP contribution is 2.25. The predicted molar refractivity (Wildman–Crippen MR) is 53.4 cm³/mol. The molecule has 0 heterocycles. The molecule has 0 spiro atoms. The molecule has 0 fully saturated rings. The van der Waals surface area contributed by atoms with E-state index in [1.165, 1.54) is 13.2 Å². The average Bonchev–Trinajstić information content (AvgIpc) is 2.16. The third-order valence-electron chi connectivity index (χ3n) is 1.88. The number of benzene rings is 1. The number of methoxy groups -OCH3 is 1. The Bertz CT molecular complexity index is 289. The van der Waals surface area contributed by atoms with Crippen molar-refractivity contribution in [2.24, 2.45) is 5.84 Å². The van der Waals surface area contributed by atoms with Crippen LogP contribution in [0.25, 0.3) is 0 Å². The van der Waals surface area contributed by atoms with Gasteiger partial charge in [-0.15, -0.1) is 0 Å².